The third-order valence-electron chi connectivity index (χ3n) is 4.17. The van der Waals surface area contributed by atoms with Gasteiger partial charge < -0.3 is 4.42 Å². The molecule has 5 nitrogen and oxygen atoms in total. The van der Waals surface area contributed by atoms with E-state index in [0.717, 1.165) is 42.1 Å². The van der Waals surface area contributed by atoms with Crippen LogP contribution in [0.25, 0.3) is 11.6 Å². The Bertz CT molecular complexity index is 880. The molecule has 3 aromatic heterocycles. The number of hydrogen-bond donors (Lipinski definition) is 0. The summed E-state index contributed by atoms with van der Waals surface area (Å²) >= 11 is 0. The summed E-state index contributed by atoms with van der Waals surface area (Å²) in [7, 11) is 0. The van der Waals surface area contributed by atoms with Gasteiger partial charge in [0.05, 0.1) is 17.0 Å². The molecule has 0 saturated heterocycles. The fraction of sp³-hybridized carbons (Fsp3) is 0.222. The van der Waals surface area contributed by atoms with Gasteiger partial charge >= 0.3 is 0 Å². The molecule has 23 heavy (non-hydrogen) atoms. The van der Waals surface area contributed by atoms with E-state index in [4.69, 9.17) is 4.42 Å². The van der Waals surface area contributed by atoms with E-state index in [9.17, 15) is 5.26 Å². The van der Waals surface area contributed by atoms with E-state index in [1.54, 1.807) is 18.5 Å². The molecule has 0 bridgehead atoms. The minimum Gasteiger partial charge on any atom is -0.440 e. The Morgan fingerprint density at radius 3 is 2.87 bits per heavy atom. The molecule has 4 rings (SSSR count). The van der Waals surface area contributed by atoms with Crippen LogP contribution in [0.3, 0.4) is 0 Å². The van der Waals surface area contributed by atoms with Crippen molar-refractivity contribution in [1.82, 2.24) is 15.0 Å². The molecular formula is C18H14N4O. The highest BCUT2D eigenvalue weighted by molar-refractivity contribution is 5.47. The highest BCUT2D eigenvalue weighted by atomic mass is 16.4. The molecule has 112 valence electrons. The molecular weight excluding hydrogens is 288 g/mol. The average molecular weight is 302 g/mol. The topological polar surface area (TPSA) is 75.6 Å². The summed E-state index contributed by atoms with van der Waals surface area (Å²) in [5.41, 5.74) is 3.21. The quantitative estimate of drug-likeness (QED) is 0.726. The first-order chi connectivity index (χ1) is 11.3. The number of rotatable bonds is 2. The Kier molecular flexibility index (Phi) is 3.35. The summed E-state index contributed by atoms with van der Waals surface area (Å²) < 4.78 is 5.87. The Morgan fingerprint density at radius 1 is 1.13 bits per heavy atom. The second kappa shape index (κ2) is 5.65. The van der Waals surface area contributed by atoms with Crippen LogP contribution in [0.2, 0.25) is 0 Å². The van der Waals surface area contributed by atoms with Gasteiger partial charge in [-0.15, -0.1) is 0 Å². The molecule has 0 saturated carbocycles. The number of aryl methyl sites for hydroxylation is 1. The lowest BCUT2D eigenvalue weighted by molar-refractivity contribution is 0.460. The summed E-state index contributed by atoms with van der Waals surface area (Å²) in [6.45, 7) is 0. The highest BCUT2D eigenvalue weighted by Crippen LogP contribution is 2.34. The van der Waals surface area contributed by atoms with Crippen LogP contribution in [-0.4, -0.2) is 15.0 Å². The molecule has 1 aliphatic carbocycles. The minimum absolute atomic E-state index is 0.208. The van der Waals surface area contributed by atoms with Crippen LogP contribution in [0.15, 0.2) is 47.1 Å². The van der Waals surface area contributed by atoms with Crippen molar-refractivity contribution in [2.24, 2.45) is 0 Å². The highest BCUT2D eigenvalue weighted by Gasteiger charge is 2.27. The van der Waals surface area contributed by atoms with E-state index in [-0.39, 0.29) is 5.92 Å². The molecule has 0 amide bonds. The smallest absolute Gasteiger partial charge is 0.245 e. The van der Waals surface area contributed by atoms with E-state index < -0.39 is 0 Å². The molecule has 3 heterocycles. The first-order valence-electron chi connectivity index (χ1n) is 7.60. The molecule has 0 aliphatic heterocycles. The molecule has 0 aromatic carbocycles. The summed E-state index contributed by atoms with van der Waals surface area (Å²) in [6.07, 6.45) is 5.94. The maximum Gasteiger partial charge on any atom is 0.245 e. The van der Waals surface area contributed by atoms with Gasteiger partial charge in [-0.05, 0) is 30.7 Å². The molecule has 0 fully saturated rings. The van der Waals surface area contributed by atoms with Gasteiger partial charge in [-0.2, -0.15) is 5.26 Å². The van der Waals surface area contributed by atoms with E-state index in [2.05, 4.69) is 21.0 Å². The van der Waals surface area contributed by atoms with Crippen molar-refractivity contribution in [3.05, 3.63) is 65.4 Å². The second-order valence-electron chi connectivity index (χ2n) is 5.59. The lowest BCUT2D eigenvalue weighted by Gasteiger charge is -2.20. The lowest BCUT2D eigenvalue weighted by atomic mass is 9.86. The molecule has 3 aromatic rings. The molecule has 5 heteroatoms. The molecule has 0 spiro atoms. The standard InChI is InChI=1S/C18H14N4O/c19-11-13-4-3-9-21-17(13)12-6-7-16-15(10-12)22-18(23-16)14-5-1-2-8-20-14/h1-5,8-9,12H,6-7,10H2. The predicted octanol–water partition coefficient (Wildman–Crippen LogP) is 3.28. The van der Waals surface area contributed by atoms with E-state index in [0.29, 0.717) is 11.5 Å². The predicted molar refractivity (Wildman–Crippen MR) is 83.5 cm³/mol. The lowest BCUT2D eigenvalue weighted by Crippen LogP contribution is -2.14. The van der Waals surface area contributed by atoms with Crippen LogP contribution in [0.1, 0.15) is 35.1 Å². The Labute approximate surface area is 133 Å². The molecule has 0 N–H and O–H groups in total. The Morgan fingerprint density at radius 2 is 2.04 bits per heavy atom. The summed E-state index contributed by atoms with van der Waals surface area (Å²) in [5.74, 6) is 1.70. The number of nitrogens with zero attached hydrogens (tertiary/aromatic N) is 4. The number of fused-ring (bicyclic) bond motifs is 1. The zero-order valence-corrected chi connectivity index (χ0v) is 12.4. The monoisotopic (exact) mass is 302 g/mol. The van der Waals surface area contributed by atoms with E-state index in [1.807, 2.05) is 24.3 Å². The van der Waals surface area contributed by atoms with Crippen molar-refractivity contribution in [3.8, 4) is 17.7 Å². The third kappa shape index (κ3) is 2.49. The number of oxazole rings is 1. The van der Waals surface area contributed by atoms with Crippen LogP contribution < -0.4 is 0 Å². The second-order valence-corrected chi connectivity index (χ2v) is 5.59. The summed E-state index contributed by atoms with van der Waals surface area (Å²) in [4.78, 5) is 13.3. The van der Waals surface area contributed by atoms with Gasteiger partial charge in [0.15, 0.2) is 0 Å². The number of pyridine rings is 2. The first kappa shape index (κ1) is 13.6. The fourth-order valence-corrected chi connectivity index (χ4v) is 3.05. The molecule has 1 unspecified atom stereocenters. The van der Waals surface area contributed by atoms with Crippen molar-refractivity contribution in [3.63, 3.8) is 0 Å². The minimum atomic E-state index is 0.208. The summed E-state index contributed by atoms with van der Waals surface area (Å²) in [6, 6.07) is 11.5. The maximum absolute atomic E-state index is 9.26. The van der Waals surface area contributed by atoms with Gasteiger partial charge in [0.25, 0.3) is 0 Å². The van der Waals surface area contributed by atoms with Crippen molar-refractivity contribution in [2.75, 3.05) is 0 Å². The van der Waals surface area contributed by atoms with Crippen LogP contribution in [-0.2, 0) is 12.8 Å². The largest absolute Gasteiger partial charge is 0.440 e. The van der Waals surface area contributed by atoms with Gasteiger partial charge in [-0.25, -0.2) is 4.98 Å². The molecule has 1 aliphatic rings. The van der Waals surface area contributed by atoms with Crippen molar-refractivity contribution < 1.29 is 4.42 Å². The van der Waals surface area contributed by atoms with E-state index in [1.165, 1.54) is 0 Å². The zero-order chi connectivity index (χ0) is 15.6. The van der Waals surface area contributed by atoms with Crippen molar-refractivity contribution >= 4 is 0 Å². The first-order valence-corrected chi connectivity index (χ1v) is 7.60. The molecule has 0 radical (unpaired) electrons. The fourth-order valence-electron chi connectivity index (χ4n) is 3.05. The zero-order valence-electron chi connectivity index (χ0n) is 12.4. The van der Waals surface area contributed by atoms with Gasteiger partial charge in [0.1, 0.15) is 17.5 Å². The SMILES string of the molecule is N#Cc1cccnc1C1CCc2oc(-c3ccccn3)nc2C1. The van der Waals surface area contributed by atoms with Gasteiger partial charge in [-0.3, -0.25) is 9.97 Å². The van der Waals surface area contributed by atoms with Crippen LogP contribution >= 0.6 is 0 Å². The van der Waals surface area contributed by atoms with Crippen LogP contribution in [0.4, 0.5) is 0 Å². The summed E-state index contributed by atoms with van der Waals surface area (Å²) in [5, 5.41) is 9.26. The normalized spacial score (nSPS) is 16.6. The van der Waals surface area contributed by atoms with E-state index >= 15 is 0 Å². The van der Waals surface area contributed by atoms with Crippen molar-refractivity contribution in [2.45, 2.75) is 25.2 Å². The average Bonchev–Trinajstić information content (AvgIpc) is 3.05. The number of aromatic nitrogens is 3. The Hall–Kier alpha value is -3.00. The number of nitriles is 1. The van der Waals surface area contributed by atoms with Crippen LogP contribution in [0, 0.1) is 11.3 Å². The molecule has 1 atom stereocenters. The van der Waals surface area contributed by atoms with Crippen molar-refractivity contribution in [1.29, 1.82) is 5.26 Å². The maximum atomic E-state index is 9.26. The van der Waals surface area contributed by atoms with Gasteiger partial charge in [0.2, 0.25) is 5.89 Å². The number of hydrogen-bond acceptors (Lipinski definition) is 5. The van der Waals surface area contributed by atoms with Gasteiger partial charge in [0, 0.05) is 31.2 Å². The Balaban J connectivity index is 1.65. The van der Waals surface area contributed by atoms with Gasteiger partial charge in [-0.1, -0.05) is 6.07 Å². The third-order valence-corrected chi connectivity index (χ3v) is 4.17. The van der Waals surface area contributed by atoms with Crippen LogP contribution in [0.5, 0.6) is 0 Å².